The van der Waals surface area contributed by atoms with Crippen molar-refractivity contribution in [1.29, 1.82) is 0 Å². The number of anilines is 1. The summed E-state index contributed by atoms with van der Waals surface area (Å²) < 4.78 is 61.5. The number of methoxy groups -OCH3 is 1. The van der Waals surface area contributed by atoms with Crippen molar-refractivity contribution in [2.45, 2.75) is 75.0 Å². The highest BCUT2D eigenvalue weighted by molar-refractivity contribution is 5.82. The molecule has 0 radical (unpaired) electrons. The molecule has 1 amide bonds. The number of benzene rings is 2. The van der Waals surface area contributed by atoms with E-state index in [9.17, 15) is 32.3 Å². The van der Waals surface area contributed by atoms with E-state index in [0.717, 1.165) is 42.8 Å². The third-order valence-electron chi connectivity index (χ3n) is 10.9. The van der Waals surface area contributed by atoms with Crippen molar-refractivity contribution >= 4 is 17.6 Å². The lowest BCUT2D eigenvalue weighted by atomic mass is 9.87. The van der Waals surface area contributed by atoms with Gasteiger partial charge in [-0.2, -0.15) is 13.2 Å². The van der Waals surface area contributed by atoms with Gasteiger partial charge in [0.15, 0.2) is 0 Å². The molecule has 4 fully saturated rings. The number of hydrogen-bond acceptors (Lipinski definition) is 5. The predicted molar refractivity (Wildman–Crippen MR) is 166 cm³/mol. The predicted octanol–water partition coefficient (Wildman–Crippen LogP) is 6.33. The van der Waals surface area contributed by atoms with Gasteiger partial charge in [0.05, 0.1) is 30.6 Å². The minimum absolute atomic E-state index is 0.0597. The van der Waals surface area contributed by atoms with Crippen LogP contribution in [0, 0.1) is 11.8 Å². The maximum Gasteiger partial charge on any atom is 0.416 e. The second kappa shape index (κ2) is 13.4. The van der Waals surface area contributed by atoms with Gasteiger partial charge < -0.3 is 19.6 Å². The van der Waals surface area contributed by atoms with E-state index in [0.29, 0.717) is 56.2 Å². The number of aliphatic carboxylic acids is 1. The molecule has 1 N–H and O–H groups in total. The van der Waals surface area contributed by atoms with E-state index in [1.807, 2.05) is 29.2 Å². The van der Waals surface area contributed by atoms with Gasteiger partial charge in [-0.1, -0.05) is 31.0 Å². The number of rotatable bonds is 8. The van der Waals surface area contributed by atoms with E-state index >= 15 is 0 Å². The van der Waals surface area contributed by atoms with E-state index in [1.165, 1.54) is 18.9 Å². The van der Waals surface area contributed by atoms with Gasteiger partial charge in [0.1, 0.15) is 12.4 Å². The van der Waals surface area contributed by atoms with Crippen molar-refractivity contribution in [2.75, 3.05) is 51.4 Å². The van der Waals surface area contributed by atoms with Crippen LogP contribution in [0.5, 0.6) is 5.75 Å². The molecule has 3 saturated heterocycles. The first-order chi connectivity index (χ1) is 22.1. The van der Waals surface area contributed by atoms with Gasteiger partial charge in [-0.3, -0.25) is 14.5 Å². The molecule has 4 aliphatic rings. The smallest absolute Gasteiger partial charge is 0.416 e. The largest absolute Gasteiger partial charge is 0.497 e. The Morgan fingerprint density at radius 2 is 1.65 bits per heavy atom. The fourth-order valence-corrected chi connectivity index (χ4v) is 8.32. The Kier molecular flexibility index (Phi) is 9.50. The molecule has 1 saturated carbocycles. The van der Waals surface area contributed by atoms with Crippen molar-refractivity contribution in [3.63, 3.8) is 0 Å². The molecule has 3 heterocycles. The van der Waals surface area contributed by atoms with Crippen LogP contribution in [-0.4, -0.2) is 85.4 Å². The van der Waals surface area contributed by atoms with Crippen LogP contribution < -0.4 is 9.64 Å². The zero-order valence-corrected chi connectivity index (χ0v) is 26.2. The summed E-state index contributed by atoms with van der Waals surface area (Å²) in [4.78, 5) is 31.9. The monoisotopic (exact) mass is 645 g/mol. The van der Waals surface area contributed by atoms with Crippen LogP contribution in [0.1, 0.15) is 73.5 Å². The highest BCUT2D eigenvalue weighted by atomic mass is 19.4. The van der Waals surface area contributed by atoms with E-state index < -0.39 is 36.3 Å². The second-order valence-corrected chi connectivity index (χ2v) is 13.5. The molecule has 0 unspecified atom stereocenters. The lowest BCUT2D eigenvalue weighted by Gasteiger charge is -2.34. The minimum Gasteiger partial charge on any atom is -0.497 e. The van der Waals surface area contributed by atoms with Gasteiger partial charge >= 0.3 is 12.1 Å². The van der Waals surface area contributed by atoms with Gasteiger partial charge in [-0.05, 0) is 67.5 Å². The number of hydrogen-bond donors (Lipinski definition) is 1. The number of alkyl halides is 4. The Balaban J connectivity index is 1.27. The van der Waals surface area contributed by atoms with Crippen LogP contribution in [0.15, 0.2) is 42.5 Å². The van der Waals surface area contributed by atoms with Crippen LogP contribution in [0.2, 0.25) is 0 Å². The van der Waals surface area contributed by atoms with Crippen LogP contribution in [0.25, 0.3) is 0 Å². The molecular weight excluding hydrogens is 602 g/mol. The van der Waals surface area contributed by atoms with Crippen molar-refractivity contribution < 1.29 is 37.0 Å². The number of amides is 1. The molecule has 46 heavy (non-hydrogen) atoms. The zero-order chi connectivity index (χ0) is 32.6. The Hall–Kier alpha value is -3.34. The van der Waals surface area contributed by atoms with Crippen molar-refractivity contribution in [3.8, 4) is 5.75 Å². The highest BCUT2D eigenvalue weighted by Gasteiger charge is 2.47. The van der Waals surface area contributed by atoms with E-state index in [-0.39, 0.29) is 30.2 Å². The molecule has 250 valence electrons. The Morgan fingerprint density at radius 1 is 0.957 bits per heavy atom. The average molecular weight is 646 g/mol. The number of likely N-dealkylation sites (tertiary alicyclic amines) is 2. The third kappa shape index (κ3) is 6.57. The van der Waals surface area contributed by atoms with Crippen LogP contribution in [-0.2, 0) is 15.8 Å². The molecule has 3 aliphatic heterocycles. The number of halogens is 4. The quantitative estimate of drug-likeness (QED) is 0.339. The number of carboxylic acids is 1. The standard InChI is InChI=1S/C35H43F4N3O4/c1-46-28-9-6-22(7-10-28)30-20-41(26-4-2-3-5-26)21-31(30)33(43)42-19-24(16-27(42)18-36)29-11-8-25(35(37,38)39)17-32(29)40-14-12-23(13-15-40)34(44)45/h6-11,17,23-24,26-27,30-31H,2-5,12-16,18-21H2,1H3,(H,44,45)/t24-,27+,30+,31-/m1/s1. The summed E-state index contributed by atoms with van der Waals surface area (Å²) >= 11 is 0. The Labute approximate surface area is 267 Å². The minimum atomic E-state index is -4.55. The van der Waals surface area contributed by atoms with Gasteiger partial charge in [0.2, 0.25) is 5.91 Å². The second-order valence-electron chi connectivity index (χ2n) is 13.5. The lowest BCUT2D eigenvalue weighted by molar-refractivity contribution is -0.142. The van der Waals surface area contributed by atoms with Crippen molar-refractivity contribution in [3.05, 3.63) is 59.2 Å². The molecule has 6 rings (SSSR count). The summed E-state index contributed by atoms with van der Waals surface area (Å²) in [6, 6.07) is 11.3. The maximum atomic E-state index is 14.7. The zero-order valence-electron chi connectivity index (χ0n) is 26.2. The SMILES string of the molecule is COc1ccc([C@@H]2CN(C3CCCC3)C[C@H]2C(=O)N2C[C@H](c3ccc(C(F)(F)F)cc3N3CCC(C(=O)O)CC3)C[C@H]2CF)cc1. The Morgan fingerprint density at radius 3 is 2.26 bits per heavy atom. The number of carbonyl (C=O) groups excluding carboxylic acids is 1. The maximum absolute atomic E-state index is 14.7. The van der Waals surface area contributed by atoms with E-state index in [1.54, 1.807) is 12.0 Å². The van der Waals surface area contributed by atoms with Crippen LogP contribution >= 0.6 is 0 Å². The summed E-state index contributed by atoms with van der Waals surface area (Å²) in [6.07, 6.45) is 1.00. The molecule has 0 spiro atoms. The summed E-state index contributed by atoms with van der Waals surface area (Å²) in [6.45, 7) is 1.48. The van der Waals surface area contributed by atoms with Gasteiger partial charge in [-0.25, -0.2) is 4.39 Å². The van der Waals surface area contributed by atoms with E-state index in [2.05, 4.69) is 4.90 Å². The number of carbonyl (C=O) groups is 2. The number of nitrogens with zero attached hydrogens (tertiary/aromatic N) is 3. The van der Waals surface area contributed by atoms with Crippen LogP contribution in [0.3, 0.4) is 0 Å². The highest BCUT2D eigenvalue weighted by Crippen LogP contribution is 2.44. The average Bonchev–Trinajstić information content (AvgIpc) is 3.84. The first-order valence-electron chi connectivity index (χ1n) is 16.5. The molecule has 11 heteroatoms. The lowest BCUT2D eigenvalue weighted by Crippen LogP contribution is -2.43. The summed E-state index contributed by atoms with van der Waals surface area (Å²) in [5, 5.41) is 9.44. The first-order valence-corrected chi connectivity index (χ1v) is 16.5. The van der Waals surface area contributed by atoms with Gasteiger partial charge in [-0.15, -0.1) is 0 Å². The molecule has 7 nitrogen and oxygen atoms in total. The third-order valence-corrected chi connectivity index (χ3v) is 10.9. The Bertz CT molecular complexity index is 1390. The molecule has 0 aromatic heterocycles. The van der Waals surface area contributed by atoms with Crippen molar-refractivity contribution in [1.82, 2.24) is 9.80 Å². The molecule has 1 aliphatic carbocycles. The topological polar surface area (TPSA) is 73.3 Å². The first kappa shape index (κ1) is 32.6. The summed E-state index contributed by atoms with van der Waals surface area (Å²) in [7, 11) is 1.61. The normalized spacial score (nSPS) is 26.6. The summed E-state index contributed by atoms with van der Waals surface area (Å²) in [5.41, 5.74) is 1.32. The van der Waals surface area contributed by atoms with Gasteiger partial charge in [0.25, 0.3) is 0 Å². The number of piperidine rings is 1. The molecular formula is C35H43F4N3O4. The molecule has 2 aromatic rings. The number of ether oxygens (including phenoxy) is 1. The number of carboxylic acid groups (broad SMARTS) is 1. The van der Waals surface area contributed by atoms with Crippen molar-refractivity contribution in [2.24, 2.45) is 11.8 Å². The van der Waals surface area contributed by atoms with Gasteiger partial charge in [0, 0.05) is 56.3 Å². The molecule has 0 bridgehead atoms. The fraction of sp³-hybridized carbons (Fsp3) is 0.600. The van der Waals surface area contributed by atoms with Crippen LogP contribution in [0.4, 0.5) is 23.2 Å². The summed E-state index contributed by atoms with van der Waals surface area (Å²) in [5.74, 6) is -1.55. The fourth-order valence-electron chi connectivity index (χ4n) is 8.32. The van der Waals surface area contributed by atoms with E-state index in [4.69, 9.17) is 4.74 Å². The molecule has 2 aromatic carbocycles. The molecule has 4 atom stereocenters.